The first-order valence-corrected chi connectivity index (χ1v) is 10.7. The van der Waals surface area contributed by atoms with E-state index in [1.807, 2.05) is 5.32 Å². The van der Waals surface area contributed by atoms with Gasteiger partial charge in [-0.15, -0.1) is 0 Å². The standard InChI is InChI=1S/C19H31N7O11/c20-8(6-13(29)30)15(33)26-11(7-14(31)32)17(35)24-9(3-4-12(27)28)16(34)25-10(18(36)37)2-1-5-23-19(21)22/h8-11H,1-7,20H2,(H,24,35)(H,25,34)(H,26,33)(H,27,28)(H,29,30)(H,31,32)(H,36,37)(H4,21,22,23). The number of nitrogens with one attached hydrogen (secondary N) is 3. The van der Waals surface area contributed by atoms with Crippen LogP contribution in [0.1, 0.15) is 38.5 Å². The number of aliphatic imine (C=N–C) groups is 1. The van der Waals surface area contributed by atoms with Gasteiger partial charge >= 0.3 is 23.9 Å². The Kier molecular flexibility index (Phi) is 14.3. The van der Waals surface area contributed by atoms with Crippen LogP contribution in [-0.2, 0) is 33.6 Å². The summed E-state index contributed by atoms with van der Waals surface area (Å²) in [5.41, 5.74) is 15.7. The molecule has 0 aromatic rings. The van der Waals surface area contributed by atoms with Crippen molar-refractivity contribution in [2.45, 2.75) is 62.7 Å². The lowest BCUT2D eigenvalue weighted by Gasteiger charge is -2.24. The predicted molar refractivity (Wildman–Crippen MR) is 123 cm³/mol. The van der Waals surface area contributed by atoms with Gasteiger partial charge in [0, 0.05) is 13.0 Å². The zero-order valence-corrected chi connectivity index (χ0v) is 19.6. The van der Waals surface area contributed by atoms with Crippen molar-refractivity contribution in [3.63, 3.8) is 0 Å². The molecule has 208 valence electrons. The quantitative estimate of drug-likeness (QED) is 0.0453. The second kappa shape index (κ2) is 16.2. The van der Waals surface area contributed by atoms with Gasteiger partial charge in [0.2, 0.25) is 17.7 Å². The molecule has 18 nitrogen and oxygen atoms in total. The fraction of sp³-hybridized carbons (Fsp3) is 0.579. The van der Waals surface area contributed by atoms with E-state index in [0.717, 1.165) is 0 Å². The SMILES string of the molecule is NC(N)=NCCCC(NC(=O)C(CCC(=O)O)NC(=O)C(CC(=O)O)NC(=O)C(N)CC(=O)O)C(=O)O. The first-order chi connectivity index (χ1) is 17.1. The molecular weight excluding hydrogens is 502 g/mol. The molecule has 4 unspecified atom stereocenters. The topological polar surface area (TPSA) is 327 Å². The second-order valence-corrected chi connectivity index (χ2v) is 7.71. The first kappa shape index (κ1) is 32.5. The molecular formula is C19H31N7O11. The van der Waals surface area contributed by atoms with Gasteiger partial charge in [-0.2, -0.15) is 0 Å². The van der Waals surface area contributed by atoms with Gasteiger partial charge in [-0.05, 0) is 19.3 Å². The average Bonchev–Trinajstić information content (AvgIpc) is 2.76. The van der Waals surface area contributed by atoms with Gasteiger partial charge in [-0.1, -0.05) is 0 Å². The van der Waals surface area contributed by atoms with Crippen molar-refractivity contribution in [1.29, 1.82) is 0 Å². The lowest BCUT2D eigenvalue weighted by Crippen LogP contribution is -2.57. The number of hydrogen-bond donors (Lipinski definition) is 10. The minimum Gasteiger partial charge on any atom is -0.481 e. The first-order valence-electron chi connectivity index (χ1n) is 10.7. The third-order valence-corrected chi connectivity index (χ3v) is 4.58. The van der Waals surface area contributed by atoms with Crippen LogP contribution in [0.3, 0.4) is 0 Å². The molecule has 0 heterocycles. The van der Waals surface area contributed by atoms with E-state index in [9.17, 15) is 38.7 Å². The van der Waals surface area contributed by atoms with Crippen LogP contribution in [0.2, 0.25) is 0 Å². The van der Waals surface area contributed by atoms with E-state index in [2.05, 4.69) is 15.6 Å². The predicted octanol–water partition coefficient (Wildman–Crippen LogP) is -4.28. The lowest BCUT2D eigenvalue weighted by atomic mass is 10.1. The van der Waals surface area contributed by atoms with E-state index in [4.69, 9.17) is 32.5 Å². The highest BCUT2D eigenvalue weighted by Gasteiger charge is 2.32. The van der Waals surface area contributed by atoms with Crippen molar-refractivity contribution in [2.24, 2.45) is 22.2 Å². The highest BCUT2D eigenvalue weighted by molar-refractivity contribution is 5.96. The Hall–Kier alpha value is -4.48. The van der Waals surface area contributed by atoms with Crippen LogP contribution in [0, 0.1) is 0 Å². The van der Waals surface area contributed by atoms with Crippen LogP contribution in [0.25, 0.3) is 0 Å². The Morgan fingerprint density at radius 1 is 0.676 bits per heavy atom. The summed E-state index contributed by atoms with van der Waals surface area (Å²) in [5.74, 6) is -9.49. The Balaban J connectivity index is 5.58. The third-order valence-electron chi connectivity index (χ3n) is 4.58. The summed E-state index contributed by atoms with van der Waals surface area (Å²) in [7, 11) is 0. The second-order valence-electron chi connectivity index (χ2n) is 7.71. The number of amides is 3. The number of guanidine groups is 1. The molecule has 0 rings (SSSR count). The molecule has 0 spiro atoms. The maximum atomic E-state index is 12.7. The van der Waals surface area contributed by atoms with Gasteiger partial charge in [-0.25, -0.2) is 4.79 Å². The Morgan fingerprint density at radius 3 is 1.68 bits per heavy atom. The van der Waals surface area contributed by atoms with Gasteiger partial charge in [0.05, 0.1) is 18.9 Å². The van der Waals surface area contributed by atoms with Crippen molar-refractivity contribution in [3.8, 4) is 0 Å². The summed E-state index contributed by atoms with van der Waals surface area (Å²) < 4.78 is 0. The highest BCUT2D eigenvalue weighted by Crippen LogP contribution is 2.05. The number of nitrogens with zero attached hydrogens (tertiary/aromatic N) is 1. The van der Waals surface area contributed by atoms with E-state index in [1.54, 1.807) is 0 Å². The van der Waals surface area contributed by atoms with Crippen molar-refractivity contribution in [2.75, 3.05) is 6.54 Å². The van der Waals surface area contributed by atoms with Gasteiger partial charge in [0.15, 0.2) is 5.96 Å². The molecule has 0 aromatic carbocycles. The summed E-state index contributed by atoms with van der Waals surface area (Å²) in [5, 5.41) is 42.3. The van der Waals surface area contributed by atoms with Gasteiger partial charge in [0.25, 0.3) is 0 Å². The smallest absolute Gasteiger partial charge is 0.326 e. The molecule has 0 aromatic heterocycles. The summed E-state index contributed by atoms with van der Waals surface area (Å²) in [6, 6.07) is -6.54. The van der Waals surface area contributed by atoms with Crippen molar-refractivity contribution in [1.82, 2.24) is 16.0 Å². The molecule has 0 fully saturated rings. The van der Waals surface area contributed by atoms with Gasteiger partial charge in [0.1, 0.15) is 18.1 Å². The van der Waals surface area contributed by atoms with E-state index < -0.39 is 91.4 Å². The Labute approximate surface area is 209 Å². The Bertz CT molecular complexity index is 905. The summed E-state index contributed by atoms with van der Waals surface area (Å²) in [6.45, 7) is 0.0573. The highest BCUT2D eigenvalue weighted by atomic mass is 16.4. The average molecular weight is 533 g/mol. The molecule has 0 aliphatic rings. The van der Waals surface area contributed by atoms with Crippen LogP contribution in [0.5, 0.6) is 0 Å². The maximum absolute atomic E-state index is 12.7. The minimum absolute atomic E-state index is 0.0573. The van der Waals surface area contributed by atoms with Crippen molar-refractivity contribution < 1.29 is 54.0 Å². The number of carbonyl (C=O) groups excluding carboxylic acids is 3. The van der Waals surface area contributed by atoms with Crippen LogP contribution < -0.4 is 33.2 Å². The van der Waals surface area contributed by atoms with Gasteiger partial charge in [-0.3, -0.25) is 33.8 Å². The molecule has 0 aliphatic carbocycles. The molecule has 0 saturated carbocycles. The zero-order chi connectivity index (χ0) is 28.7. The lowest BCUT2D eigenvalue weighted by molar-refractivity contribution is -0.144. The third kappa shape index (κ3) is 14.5. The Morgan fingerprint density at radius 2 is 1.19 bits per heavy atom. The minimum atomic E-state index is -1.82. The molecule has 18 heteroatoms. The van der Waals surface area contributed by atoms with E-state index in [-0.39, 0.29) is 25.3 Å². The number of carbonyl (C=O) groups is 7. The normalized spacial score (nSPS) is 13.6. The summed E-state index contributed by atoms with van der Waals surface area (Å²) >= 11 is 0. The number of nitrogens with two attached hydrogens (primary N) is 3. The molecule has 0 bridgehead atoms. The molecule has 13 N–H and O–H groups in total. The molecule has 0 saturated heterocycles. The van der Waals surface area contributed by atoms with E-state index in [0.29, 0.717) is 0 Å². The molecule has 37 heavy (non-hydrogen) atoms. The monoisotopic (exact) mass is 533 g/mol. The van der Waals surface area contributed by atoms with Crippen LogP contribution in [0.15, 0.2) is 4.99 Å². The number of hydrogen-bond acceptors (Lipinski definition) is 9. The fourth-order valence-electron chi connectivity index (χ4n) is 2.79. The fourth-order valence-corrected chi connectivity index (χ4v) is 2.79. The maximum Gasteiger partial charge on any atom is 0.326 e. The summed E-state index contributed by atoms with van der Waals surface area (Å²) in [6.07, 6.45) is -2.95. The molecule has 4 atom stereocenters. The van der Waals surface area contributed by atoms with E-state index >= 15 is 0 Å². The number of carboxylic acids is 4. The van der Waals surface area contributed by atoms with Crippen molar-refractivity contribution in [3.05, 3.63) is 0 Å². The number of carboxylic acid groups (broad SMARTS) is 4. The largest absolute Gasteiger partial charge is 0.481 e. The van der Waals surface area contributed by atoms with Crippen LogP contribution in [0.4, 0.5) is 0 Å². The zero-order valence-electron chi connectivity index (χ0n) is 19.6. The van der Waals surface area contributed by atoms with Crippen LogP contribution >= 0.6 is 0 Å². The molecule has 0 aliphatic heterocycles. The number of aliphatic carboxylic acids is 4. The van der Waals surface area contributed by atoms with E-state index in [1.165, 1.54) is 0 Å². The van der Waals surface area contributed by atoms with Gasteiger partial charge < -0.3 is 53.6 Å². The van der Waals surface area contributed by atoms with Crippen molar-refractivity contribution >= 4 is 47.6 Å². The molecule has 0 radical (unpaired) electrons. The summed E-state index contributed by atoms with van der Waals surface area (Å²) in [4.78, 5) is 85.5. The molecule has 3 amide bonds. The number of rotatable bonds is 18. The van der Waals surface area contributed by atoms with Crippen LogP contribution in [-0.4, -0.2) is 98.7 Å².